The Kier molecular flexibility index (Phi) is 5.87. The van der Waals surface area contributed by atoms with E-state index in [1.807, 2.05) is 0 Å². The van der Waals surface area contributed by atoms with E-state index in [4.69, 9.17) is 0 Å². The summed E-state index contributed by atoms with van der Waals surface area (Å²) < 4.78 is 41.0. The van der Waals surface area contributed by atoms with Crippen LogP contribution >= 0.6 is 0 Å². The summed E-state index contributed by atoms with van der Waals surface area (Å²) in [6.45, 7) is 4.18. The number of ether oxygens (including phenoxy) is 1. The highest BCUT2D eigenvalue weighted by atomic mass is 19.4. The molecule has 1 fully saturated rings. The van der Waals surface area contributed by atoms with Crippen molar-refractivity contribution < 1.29 is 22.7 Å². The van der Waals surface area contributed by atoms with Crippen LogP contribution in [0.15, 0.2) is 24.3 Å². The Labute approximate surface area is 133 Å². The van der Waals surface area contributed by atoms with Gasteiger partial charge in [-0.25, -0.2) is 0 Å². The molecule has 4 nitrogen and oxygen atoms in total. The number of hydrogen-bond acceptors (Lipinski definition) is 3. The Morgan fingerprint density at radius 3 is 2.83 bits per heavy atom. The average molecular weight is 330 g/mol. The number of nitrogens with one attached hydrogen (secondary N) is 1. The number of para-hydroxylation sites is 1. The second-order valence-corrected chi connectivity index (χ2v) is 5.91. The van der Waals surface area contributed by atoms with Crippen molar-refractivity contribution in [3.8, 4) is 5.75 Å². The molecule has 128 valence electrons. The van der Waals surface area contributed by atoms with Gasteiger partial charge in [0.25, 0.3) is 0 Å². The van der Waals surface area contributed by atoms with Crippen LogP contribution in [-0.2, 0) is 11.3 Å². The van der Waals surface area contributed by atoms with E-state index in [0.717, 1.165) is 19.5 Å². The second-order valence-electron chi connectivity index (χ2n) is 5.91. The number of halogens is 3. The monoisotopic (exact) mass is 330 g/mol. The van der Waals surface area contributed by atoms with Crippen molar-refractivity contribution >= 4 is 5.91 Å². The minimum atomic E-state index is -4.75. The topological polar surface area (TPSA) is 41.6 Å². The highest BCUT2D eigenvalue weighted by Crippen LogP contribution is 2.26. The van der Waals surface area contributed by atoms with Crippen LogP contribution in [0.25, 0.3) is 0 Å². The fraction of sp³-hybridized carbons (Fsp3) is 0.562. The smallest absolute Gasteiger partial charge is 0.405 e. The van der Waals surface area contributed by atoms with Crippen LogP contribution in [0.1, 0.15) is 25.3 Å². The molecular weight excluding hydrogens is 309 g/mol. The number of rotatable bonds is 5. The molecule has 2 rings (SSSR count). The normalized spacial score (nSPS) is 19.4. The first-order valence-corrected chi connectivity index (χ1v) is 7.66. The first-order chi connectivity index (χ1) is 10.8. The summed E-state index contributed by atoms with van der Waals surface area (Å²) in [7, 11) is 0. The highest BCUT2D eigenvalue weighted by Gasteiger charge is 2.32. The van der Waals surface area contributed by atoms with Crippen LogP contribution in [0, 0.1) is 5.92 Å². The number of benzene rings is 1. The average Bonchev–Trinajstić information content (AvgIpc) is 2.45. The summed E-state index contributed by atoms with van der Waals surface area (Å²) in [5.41, 5.74) is 0.296. The Morgan fingerprint density at radius 2 is 2.13 bits per heavy atom. The molecule has 1 N–H and O–H groups in total. The molecule has 1 aromatic carbocycles. The Bertz CT molecular complexity index is 534. The molecule has 0 radical (unpaired) electrons. The predicted octanol–water partition coefficient (Wildman–Crippen LogP) is 2.93. The number of piperidine rings is 1. The third-order valence-electron chi connectivity index (χ3n) is 3.78. The van der Waals surface area contributed by atoms with Gasteiger partial charge in [0.15, 0.2) is 0 Å². The van der Waals surface area contributed by atoms with Crippen molar-refractivity contribution in [1.82, 2.24) is 10.2 Å². The van der Waals surface area contributed by atoms with Crippen LogP contribution in [0.3, 0.4) is 0 Å². The highest BCUT2D eigenvalue weighted by molar-refractivity contribution is 5.78. The lowest BCUT2D eigenvalue weighted by Crippen LogP contribution is -2.41. The van der Waals surface area contributed by atoms with Crippen LogP contribution in [0.4, 0.5) is 13.2 Å². The van der Waals surface area contributed by atoms with Gasteiger partial charge < -0.3 is 10.1 Å². The summed E-state index contributed by atoms with van der Waals surface area (Å²) >= 11 is 0. The lowest BCUT2D eigenvalue weighted by Gasteiger charge is -2.30. The van der Waals surface area contributed by atoms with E-state index in [9.17, 15) is 18.0 Å². The van der Waals surface area contributed by atoms with Gasteiger partial charge in [0.05, 0.1) is 6.54 Å². The van der Waals surface area contributed by atoms with E-state index in [1.54, 1.807) is 6.07 Å². The van der Waals surface area contributed by atoms with E-state index < -0.39 is 6.36 Å². The number of likely N-dealkylation sites (tertiary alicyclic amines) is 1. The largest absolute Gasteiger partial charge is 0.573 e. The van der Waals surface area contributed by atoms with E-state index >= 15 is 0 Å². The molecule has 0 bridgehead atoms. The van der Waals surface area contributed by atoms with Gasteiger partial charge >= 0.3 is 6.36 Å². The van der Waals surface area contributed by atoms with Crippen molar-refractivity contribution in [3.05, 3.63) is 29.8 Å². The lowest BCUT2D eigenvalue weighted by molar-refractivity contribution is -0.274. The van der Waals surface area contributed by atoms with Crippen LogP contribution in [0.5, 0.6) is 5.75 Å². The fourth-order valence-corrected chi connectivity index (χ4v) is 2.76. The molecule has 1 saturated heterocycles. The summed E-state index contributed by atoms with van der Waals surface area (Å²) in [5.74, 6) is 0.0882. The first kappa shape index (κ1) is 17.6. The maximum absolute atomic E-state index is 12.3. The molecule has 0 spiro atoms. The fourth-order valence-electron chi connectivity index (χ4n) is 2.76. The number of carbonyl (C=O) groups is 1. The van der Waals surface area contributed by atoms with Gasteiger partial charge in [-0.1, -0.05) is 25.1 Å². The van der Waals surface area contributed by atoms with Gasteiger partial charge in [0, 0.05) is 18.7 Å². The molecule has 1 aliphatic rings. The van der Waals surface area contributed by atoms with Crippen molar-refractivity contribution in [1.29, 1.82) is 0 Å². The van der Waals surface area contributed by atoms with E-state index in [1.165, 1.54) is 24.6 Å². The first-order valence-electron chi connectivity index (χ1n) is 7.66. The summed E-state index contributed by atoms with van der Waals surface area (Å²) in [4.78, 5) is 14.0. The molecule has 0 aromatic heterocycles. The molecule has 7 heteroatoms. The molecule has 1 amide bonds. The van der Waals surface area contributed by atoms with Crippen LogP contribution < -0.4 is 10.1 Å². The van der Waals surface area contributed by atoms with Gasteiger partial charge in [-0.15, -0.1) is 13.2 Å². The predicted molar refractivity (Wildman–Crippen MR) is 79.8 cm³/mol. The standard InChI is InChI=1S/C16H21F3N2O2/c1-12-5-4-8-21(10-12)11-15(22)20-9-13-6-2-3-7-14(13)23-16(17,18)19/h2-3,6-7,12H,4-5,8-11H2,1H3,(H,20,22)/t12-/m0/s1. The molecule has 1 aliphatic heterocycles. The number of nitrogens with zero attached hydrogens (tertiary/aromatic N) is 1. The zero-order chi connectivity index (χ0) is 16.9. The third-order valence-corrected chi connectivity index (χ3v) is 3.78. The quantitative estimate of drug-likeness (QED) is 0.902. The van der Waals surface area contributed by atoms with Crippen LogP contribution in [-0.4, -0.2) is 36.8 Å². The van der Waals surface area contributed by atoms with E-state index in [0.29, 0.717) is 11.5 Å². The molecule has 23 heavy (non-hydrogen) atoms. The number of carbonyl (C=O) groups excluding carboxylic acids is 1. The van der Waals surface area contributed by atoms with Gasteiger partial charge in [-0.2, -0.15) is 0 Å². The van der Waals surface area contributed by atoms with Crippen molar-refractivity contribution in [2.45, 2.75) is 32.7 Å². The number of hydrogen-bond donors (Lipinski definition) is 1. The minimum absolute atomic E-state index is 0.00841. The third kappa shape index (κ3) is 6.09. The second kappa shape index (κ2) is 7.68. The zero-order valence-corrected chi connectivity index (χ0v) is 13.0. The molecule has 0 saturated carbocycles. The van der Waals surface area contributed by atoms with Gasteiger partial charge in [-0.3, -0.25) is 9.69 Å². The van der Waals surface area contributed by atoms with E-state index in [2.05, 4.69) is 21.9 Å². The Morgan fingerprint density at radius 1 is 1.39 bits per heavy atom. The molecule has 1 aromatic rings. The summed E-state index contributed by atoms with van der Waals surface area (Å²) in [6.07, 6.45) is -2.51. The SMILES string of the molecule is C[C@H]1CCCN(CC(=O)NCc2ccccc2OC(F)(F)F)C1. The van der Waals surface area contributed by atoms with Gasteiger partial charge in [-0.05, 0) is 31.4 Å². The minimum Gasteiger partial charge on any atom is -0.405 e. The number of amides is 1. The molecule has 0 aliphatic carbocycles. The van der Waals surface area contributed by atoms with E-state index in [-0.39, 0.29) is 24.7 Å². The summed E-state index contributed by atoms with van der Waals surface area (Å²) in [6, 6.07) is 5.81. The Balaban J connectivity index is 1.86. The molecule has 0 unspecified atom stereocenters. The van der Waals surface area contributed by atoms with Crippen LogP contribution in [0.2, 0.25) is 0 Å². The van der Waals surface area contributed by atoms with Gasteiger partial charge in [0.1, 0.15) is 5.75 Å². The molecule has 1 atom stereocenters. The Hall–Kier alpha value is -1.76. The van der Waals surface area contributed by atoms with Gasteiger partial charge in [0.2, 0.25) is 5.91 Å². The maximum Gasteiger partial charge on any atom is 0.573 e. The maximum atomic E-state index is 12.3. The summed E-state index contributed by atoms with van der Waals surface area (Å²) in [5, 5.41) is 2.66. The number of alkyl halides is 3. The molecule has 1 heterocycles. The van der Waals surface area contributed by atoms with Crippen molar-refractivity contribution in [3.63, 3.8) is 0 Å². The zero-order valence-electron chi connectivity index (χ0n) is 13.0. The lowest BCUT2D eigenvalue weighted by atomic mass is 10.0. The van der Waals surface area contributed by atoms with Crippen molar-refractivity contribution in [2.75, 3.05) is 19.6 Å². The van der Waals surface area contributed by atoms with Crippen molar-refractivity contribution in [2.24, 2.45) is 5.92 Å². The molecular formula is C16H21F3N2O2.